The molecule has 21 heavy (non-hydrogen) atoms. The van der Waals surface area contributed by atoms with Crippen molar-refractivity contribution in [3.63, 3.8) is 0 Å². The molecule has 1 aliphatic carbocycles. The maximum Gasteiger partial charge on any atom is 0.122 e. The Hall–Kier alpha value is -1.32. The van der Waals surface area contributed by atoms with Crippen LogP contribution in [0.1, 0.15) is 51.7 Å². The molecule has 0 saturated carbocycles. The van der Waals surface area contributed by atoms with Gasteiger partial charge in [0.1, 0.15) is 5.75 Å². The summed E-state index contributed by atoms with van der Waals surface area (Å²) in [6.45, 7) is 0.807. The third-order valence-corrected chi connectivity index (χ3v) is 5.97. The summed E-state index contributed by atoms with van der Waals surface area (Å²) in [5.41, 5.74) is 10.6. The number of thiophene rings is 1. The maximum absolute atomic E-state index is 6.53. The van der Waals surface area contributed by atoms with E-state index in [0.29, 0.717) is 0 Å². The van der Waals surface area contributed by atoms with Crippen molar-refractivity contribution in [1.82, 2.24) is 0 Å². The predicted octanol–water partition coefficient (Wildman–Crippen LogP) is 4.00. The van der Waals surface area contributed by atoms with E-state index < -0.39 is 0 Å². The van der Waals surface area contributed by atoms with Gasteiger partial charge in [-0.05, 0) is 54.5 Å². The molecule has 0 spiro atoms. The van der Waals surface area contributed by atoms with Crippen molar-refractivity contribution in [2.24, 2.45) is 5.73 Å². The number of fused-ring (bicyclic) bond motifs is 2. The van der Waals surface area contributed by atoms with Crippen molar-refractivity contribution in [1.29, 1.82) is 0 Å². The Labute approximate surface area is 129 Å². The van der Waals surface area contributed by atoms with Gasteiger partial charge in [-0.1, -0.05) is 18.6 Å². The summed E-state index contributed by atoms with van der Waals surface area (Å²) in [6, 6.07) is 8.81. The number of hydrogen-bond acceptors (Lipinski definition) is 3. The van der Waals surface area contributed by atoms with Gasteiger partial charge in [0.2, 0.25) is 0 Å². The van der Waals surface area contributed by atoms with Crippen LogP contribution in [0.2, 0.25) is 0 Å². The van der Waals surface area contributed by atoms with E-state index in [1.165, 1.54) is 48.1 Å². The minimum absolute atomic E-state index is 0.00725. The van der Waals surface area contributed by atoms with Crippen LogP contribution < -0.4 is 10.5 Å². The van der Waals surface area contributed by atoms with E-state index in [-0.39, 0.29) is 6.04 Å². The van der Waals surface area contributed by atoms with Gasteiger partial charge in [-0.25, -0.2) is 0 Å². The van der Waals surface area contributed by atoms with E-state index in [0.717, 1.165) is 18.8 Å². The molecule has 2 aromatic rings. The minimum atomic E-state index is 0.00725. The zero-order valence-electron chi connectivity index (χ0n) is 12.2. The third-order valence-electron chi connectivity index (χ3n) is 4.64. The molecule has 0 radical (unpaired) electrons. The zero-order valence-corrected chi connectivity index (χ0v) is 13.0. The quantitative estimate of drug-likeness (QED) is 0.851. The van der Waals surface area contributed by atoms with E-state index >= 15 is 0 Å². The molecule has 1 aromatic heterocycles. The van der Waals surface area contributed by atoms with Crippen LogP contribution in [0.4, 0.5) is 0 Å². The van der Waals surface area contributed by atoms with Crippen molar-refractivity contribution in [3.05, 3.63) is 50.7 Å². The molecule has 0 amide bonds. The van der Waals surface area contributed by atoms with E-state index in [4.69, 9.17) is 10.5 Å². The molecule has 3 heteroatoms. The second kappa shape index (κ2) is 5.47. The van der Waals surface area contributed by atoms with Crippen LogP contribution in [-0.4, -0.2) is 6.61 Å². The molecule has 1 unspecified atom stereocenters. The van der Waals surface area contributed by atoms with Crippen molar-refractivity contribution in [3.8, 4) is 5.75 Å². The van der Waals surface area contributed by atoms with Gasteiger partial charge in [-0.3, -0.25) is 0 Å². The lowest BCUT2D eigenvalue weighted by molar-refractivity contribution is 0.357. The molecule has 110 valence electrons. The Kier molecular flexibility index (Phi) is 3.48. The number of aryl methyl sites for hydroxylation is 2. The van der Waals surface area contributed by atoms with E-state index in [1.54, 1.807) is 10.4 Å². The average Bonchev–Trinajstić information content (AvgIpc) is 3.08. The van der Waals surface area contributed by atoms with E-state index in [1.807, 2.05) is 11.3 Å². The lowest BCUT2D eigenvalue weighted by Crippen LogP contribution is -2.10. The maximum atomic E-state index is 6.53. The Morgan fingerprint density at radius 3 is 2.86 bits per heavy atom. The average molecular weight is 299 g/mol. The van der Waals surface area contributed by atoms with Gasteiger partial charge >= 0.3 is 0 Å². The van der Waals surface area contributed by atoms with Gasteiger partial charge in [0.05, 0.1) is 12.6 Å². The number of ether oxygens (including phenoxy) is 1. The Bertz CT molecular complexity index is 638. The van der Waals surface area contributed by atoms with Crippen LogP contribution in [0.3, 0.4) is 0 Å². The van der Waals surface area contributed by atoms with Gasteiger partial charge in [-0.15, -0.1) is 11.3 Å². The summed E-state index contributed by atoms with van der Waals surface area (Å²) in [5.74, 6) is 1.04. The summed E-state index contributed by atoms with van der Waals surface area (Å²) in [7, 11) is 0. The minimum Gasteiger partial charge on any atom is -0.493 e. The van der Waals surface area contributed by atoms with Crippen LogP contribution >= 0.6 is 11.3 Å². The number of benzene rings is 1. The summed E-state index contributed by atoms with van der Waals surface area (Å²) >= 11 is 1.93. The molecule has 2 aliphatic rings. The van der Waals surface area contributed by atoms with Crippen molar-refractivity contribution >= 4 is 11.3 Å². The molecule has 1 aromatic carbocycles. The van der Waals surface area contributed by atoms with Crippen molar-refractivity contribution in [2.45, 2.75) is 44.6 Å². The highest BCUT2D eigenvalue weighted by Gasteiger charge is 2.19. The van der Waals surface area contributed by atoms with Crippen LogP contribution in [0.5, 0.6) is 5.75 Å². The second-order valence-corrected chi connectivity index (χ2v) is 7.27. The summed E-state index contributed by atoms with van der Waals surface area (Å²) in [6.07, 6.45) is 7.51. The number of nitrogens with two attached hydrogens (primary N) is 1. The monoisotopic (exact) mass is 299 g/mol. The SMILES string of the molecule is NC(c1ccc2c(c1)CCO2)c1cc2c(s1)CCCCC2. The fourth-order valence-electron chi connectivity index (χ4n) is 3.41. The van der Waals surface area contributed by atoms with Crippen LogP contribution in [0.15, 0.2) is 24.3 Å². The number of rotatable bonds is 2. The molecule has 2 N–H and O–H groups in total. The van der Waals surface area contributed by atoms with Gasteiger partial charge in [-0.2, -0.15) is 0 Å². The Balaban J connectivity index is 1.64. The van der Waals surface area contributed by atoms with Crippen molar-refractivity contribution in [2.75, 3.05) is 6.61 Å². The zero-order chi connectivity index (χ0) is 14.2. The topological polar surface area (TPSA) is 35.2 Å². The Morgan fingerprint density at radius 1 is 1.00 bits per heavy atom. The van der Waals surface area contributed by atoms with Gasteiger partial charge < -0.3 is 10.5 Å². The lowest BCUT2D eigenvalue weighted by Gasteiger charge is -2.11. The van der Waals surface area contributed by atoms with E-state index in [2.05, 4.69) is 24.3 Å². The second-order valence-electron chi connectivity index (χ2n) is 6.10. The summed E-state index contributed by atoms with van der Waals surface area (Å²) in [4.78, 5) is 2.89. The fraction of sp³-hybridized carbons (Fsp3) is 0.444. The molecule has 2 nitrogen and oxygen atoms in total. The van der Waals surface area contributed by atoms with Crippen molar-refractivity contribution < 1.29 is 4.74 Å². The van der Waals surface area contributed by atoms with E-state index in [9.17, 15) is 0 Å². The first kappa shape index (κ1) is 13.4. The van der Waals surface area contributed by atoms with Gasteiger partial charge in [0.15, 0.2) is 0 Å². The lowest BCUT2D eigenvalue weighted by atomic mass is 10.0. The van der Waals surface area contributed by atoms with Crippen LogP contribution in [0, 0.1) is 0 Å². The molecule has 1 atom stereocenters. The number of hydrogen-bond donors (Lipinski definition) is 1. The predicted molar refractivity (Wildman–Crippen MR) is 87.2 cm³/mol. The molecule has 2 heterocycles. The largest absolute Gasteiger partial charge is 0.493 e. The summed E-state index contributed by atoms with van der Waals surface area (Å²) < 4.78 is 5.58. The molecular formula is C18H21NOS. The standard InChI is InChI=1S/C18H21NOS/c19-18(14-6-7-15-12(10-14)8-9-20-15)17-11-13-4-2-1-3-5-16(13)21-17/h6-7,10-11,18H,1-5,8-9,19H2. The third kappa shape index (κ3) is 2.49. The smallest absolute Gasteiger partial charge is 0.122 e. The first-order chi connectivity index (χ1) is 10.3. The highest BCUT2D eigenvalue weighted by molar-refractivity contribution is 7.12. The molecule has 0 bridgehead atoms. The fourth-order valence-corrected chi connectivity index (χ4v) is 4.70. The molecular weight excluding hydrogens is 278 g/mol. The first-order valence-electron chi connectivity index (χ1n) is 7.94. The van der Waals surface area contributed by atoms with Crippen LogP contribution in [0.25, 0.3) is 0 Å². The first-order valence-corrected chi connectivity index (χ1v) is 8.75. The molecule has 4 rings (SSSR count). The molecule has 0 saturated heterocycles. The highest BCUT2D eigenvalue weighted by atomic mass is 32.1. The summed E-state index contributed by atoms with van der Waals surface area (Å²) in [5, 5.41) is 0. The normalized spacial score (nSPS) is 18.5. The van der Waals surface area contributed by atoms with Gasteiger partial charge in [0.25, 0.3) is 0 Å². The van der Waals surface area contributed by atoms with Crippen LogP contribution in [-0.2, 0) is 19.3 Å². The van der Waals surface area contributed by atoms with Gasteiger partial charge in [0, 0.05) is 16.2 Å². The Morgan fingerprint density at radius 2 is 1.90 bits per heavy atom. The molecule has 0 fully saturated rings. The molecule has 1 aliphatic heterocycles. The highest BCUT2D eigenvalue weighted by Crippen LogP contribution is 2.35.